The van der Waals surface area contributed by atoms with Crippen molar-refractivity contribution in [3.63, 3.8) is 0 Å². The third-order valence-corrected chi connectivity index (χ3v) is 0.250. The van der Waals surface area contributed by atoms with E-state index < -0.39 is 0 Å². The van der Waals surface area contributed by atoms with Crippen LogP contribution in [-0.4, -0.2) is 6.54 Å². The van der Waals surface area contributed by atoms with E-state index in [9.17, 15) is 0 Å². The molecule has 2 heteroatoms. The molecule has 0 amide bonds. The first-order chi connectivity index (χ1) is 1.91. The van der Waals surface area contributed by atoms with E-state index in [1.54, 1.807) is 0 Å². The van der Waals surface area contributed by atoms with Crippen molar-refractivity contribution < 1.29 is 18.9 Å². The Bertz CT molecular complexity index is 8.85. The van der Waals surface area contributed by atoms with Gasteiger partial charge < -0.3 is 5.73 Å². The second kappa shape index (κ2) is 8.82. The first-order valence-corrected chi connectivity index (χ1v) is 1.56. The van der Waals surface area contributed by atoms with Crippen molar-refractivity contribution in [2.45, 2.75) is 13.3 Å². The number of rotatable bonds is 1. The average molecular weight is 65.0 g/mol. The van der Waals surface area contributed by atoms with Crippen LogP contribution in [-0.2, 0) is 0 Å². The SMILES string of the molecule is CCC[NH-].[Li+]. The Labute approximate surface area is 45.1 Å². The van der Waals surface area contributed by atoms with Gasteiger partial charge in [-0.3, -0.25) is 0 Å². The standard InChI is InChI=1S/C3H8N.Li/c1-2-3-4;/h4H,2-3H2,1H3;/q-1;+1. The maximum atomic E-state index is 6.45. The fourth-order valence-corrected chi connectivity index (χ4v) is 0. The molecule has 0 bridgehead atoms. The van der Waals surface area contributed by atoms with Gasteiger partial charge in [-0.15, -0.1) is 0 Å². The smallest absolute Gasteiger partial charge is 0.677 e. The van der Waals surface area contributed by atoms with Gasteiger partial charge in [0.1, 0.15) is 0 Å². The molecule has 0 aromatic rings. The number of hydrogen-bond donors (Lipinski definition) is 0. The van der Waals surface area contributed by atoms with Crippen LogP contribution < -0.4 is 18.9 Å². The fourth-order valence-electron chi connectivity index (χ4n) is 0. The minimum atomic E-state index is 0. The molecule has 1 N–H and O–H groups in total. The zero-order valence-electron chi connectivity index (χ0n) is 3.91. The van der Waals surface area contributed by atoms with Crippen LogP contribution in [0.25, 0.3) is 5.73 Å². The molecular weight excluding hydrogens is 57.0 g/mol. The Morgan fingerprint density at radius 3 is 1.80 bits per heavy atom. The minimum absolute atomic E-state index is 0. The quantitative estimate of drug-likeness (QED) is 0.330. The molecule has 0 aromatic heterocycles. The molecule has 0 aliphatic heterocycles. The molecule has 0 saturated carbocycles. The molecule has 0 atom stereocenters. The van der Waals surface area contributed by atoms with E-state index in [4.69, 9.17) is 5.73 Å². The summed E-state index contributed by atoms with van der Waals surface area (Å²) in [6.45, 7) is 2.56. The Morgan fingerprint density at radius 2 is 1.80 bits per heavy atom. The minimum Gasteiger partial charge on any atom is -0.677 e. The summed E-state index contributed by atoms with van der Waals surface area (Å²) in [5, 5.41) is 0. The van der Waals surface area contributed by atoms with Crippen molar-refractivity contribution in [3.8, 4) is 0 Å². The zero-order chi connectivity index (χ0) is 3.41. The van der Waals surface area contributed by atoms with E-state index in [0.717, 1.165) is 6.42 Å². The second-order valence-corrected chi connectivity index (χ2v) is 0.750. The van der Waals surface area contributed by atoms with Gasteiger partial charge in [-0.05, 0) is 0 Å². The van der Waals surface area contributed by atoms with Crippen LogP contribution in [0, 0.1) is 0 Å². The average Bonchev–Trinajstić information content (AvgIpc) is 1.37. The molecule has 0 fully saturated rings. The second-order valence-electron chi connectivity index (χ2n) is 0.750. The van der Waals surface area contributed by atoms with Crippen molar-refractivity contribution in [1.29, 1.82) is 0 Å². The van der Waals surface area contributed by atoms with Crippen molar-refractivity contribution in [2.24, 2.45) is 0 Å². The van der Waals surface area contributed by atoms with Crippen LogP contribution >= 0.6 is 0 Å². The molecule has 0 radical (unpaired) electrons. The van der Waals surface area contributed by atoms with Gasteiger partial charge in [0.15, 0.2) is 0 Å². The summed E-state index contributed by atoms with van der Waals surface area (Å²) in [6.07, 6.45) is 0.986. The van der Waals surface area contributed by atoms with Crippen molar-refractivity contribution >= 4 is 0 Å². The van der Waals surface area contributed by atoms with Gasteiger partial charge in [0.2, 0.25) is 0 Å². The summed E-state index contributed by atoms with van der Waals surface area (Å²) in [5.41, 5.74) is 6.45. The molecule has 0 unspecified atom stereocenters. The van der Waals surface area contributed by atoms with Gasteiger partial charge >= 0.3 is 18.9 Å². The third-order valence-electron chi connectivity index (χ3n) is 0.250. The van der Waals surface area contributed by atoms with Gasteiger partial charge in [0, 0.05) is 0 Å². The number of hydrogen-bond acceptors (Lipinski definition) is 0. The number of nitrogens with one attached hydrogen (secondary N) is 1. The van der Waals surface area contributed by atoms with Gasteiger partial charge in [0.05, 0.1) is 0 Å². The van der Waals surface area contributed by atoms with Crippen LogP contribution in [0.3, 0.4) is 0 Å². The largest absolute Gasteiger partial charge is 1.00 e. The Kier molecular flexibility index (Phi) is 16.1. The molecule has 26 valence electrons. The molecule has 0 aromatic carbocycles. The monoisotopic (exact) mass is 65.1 g/mol. The molecule has 0 saturated heterocycles. The van der Waals surface area contributed by atoms with Gasteiger partial charge in [-0.25, -0.2) is 0 Å². The molecule has 1 nitrogen and oxygen atoms in total. The Balaban J connectivity index is 0. The maximum Gasteiger partial charge on any atom is 1.00 e. The molecule has 5 heavy (non-hydrogen) atoms. The summed E-state index contributed by atoms with van der Waals surface area (Å²) in [7, 11) is 0. The summed E-state index contributed by atoms with van der Waals surface area (Å²) in [4.78, 5) is 0. The van der Waals surface area contributed by atoms with Crippen molar-refractivity contribution in [2.75, 3.05) is 6.54 Å². The molecule has 0 aliphatic rings. The van der Waals surface area contributed by atoms with E-state index in [1.165, 1.54) is 0 Å². The summed E-state index contributed by atoms with van der Waals surface area (Å²) in [5.74, 6) is 0. The van der Waals surface area contributed by atoms with Gasteiger partial charge in [-0.1, -0.05) is 13.3 Å². The predicted molar refractivity (Wildman–Crippen MR) is 19.5 cm³/mol. The van der Waals surface area contributed by atoms with Gasteiger partial charge in [0.25, 0.3) is 0 Å². The summed E-state index contributed by atoms with van der Waals surface area (Å²) < 4.78 is 0. The first kappa shape index (κ1) is 9.12. The van der Waals surface area contributed by atoms with Crippen LogP contribution in [0.15, 0.2) is 0 Å². The molecule has 0 rings (SSSR count). The van der Waals surface area contributed by atoms with Gasteiger partial charge in [-0.2, -0.15) is 6.54 Å². The molecule has 0 aliphatic carbocycles. The van der Waals surface area contributed by atoms with Crippen LogP contribution in [0.2, 0.25) is 0 Å². The van der Waals surface area contributed by atoms with Crippen LogP contribution in [0.1, 0.15) is 13.3 Å². The van der Waals surface area contributed by atoms with E-state index >= 15 is 0 Å². The molecule has 0 heterocycles. The first-order valence-electron chi connectivity index (χ1n) is 1.56. The third kappa shape index (κ3) is 12.3. The van der Waals surface area contributed by atoms with E-state index in [1.807, 2.05) is 6.92 Å². The van der Waals surface area contributed by atoms with E-state index in [2.05, 4.69) is 0 Å². The van der Waals surface area contributed by atoms with Crippen molar-refractivity contribution in [3.05, 3.63) is 5.73 Å². The molecular formula is C3H8LiN. The zero-order valence-corrected chi connectivity index (χ0v) is 3.91. The normalized spacial score (nSPS) is 6.00. The Hall–Kier alpha value is 0.557. The Morgan fingerprint density at radius 1 is 1.60 bits per heavy atom. The summed E-state index contributed by atoms with van der Waals surface area (Å²) >= 11 is 0. The topological polar surface area (TPSA) is 23.8 Å². The van der Waals surface area contributed by atoms with Crippen LogP contribution in [0.4, 0.5) is 0 Å². The maximum absolute atomic E-state index is 6.45. The fraction of sp³-hybridized carbons (Fsp3) is 1.00. The predicted octanol–water partition coefficient (Wildman–Crippen LogP) is -1.55. The van der Waals surface area contributed by atoms with Crippen molar-refractivity contribution in [1.82, 2.24) is 0 Å². The molecule has 0 spiro atoms. The van der Waals surface area contributed by atoms with E-state index in [0.29, 0.717) is 6.54 Å². The van der Waals surface area contributed by atoms with E-state index in [-0.39, 0.29) is 18.9 Å². The van der Waals surface area contributed by atoms with Crippen LogP contribution in [0.5, 0.6) is 0 Å². The summed E-state index contributed by atoms with van der Waals surface area (Å²) in [6, 6.07) is 0.